The first-order valence-corrected chi connectivity index (χ1v) is 9.77. The number of carbonyl (C=O) groups excluding carboxylic acids is 1. The van der Waals surface area contributed by atoms with Crippen LogP contribution in [0.3, 0.4) is 0 Å². The zero-order chi connectivity index (χ0) is 23.8. The SMILES string of the molecule is Cc1ccc(C(N)=O)cc1Nc1ncc(C(F)(F)F)c(NCc2cccc3c[nH]c(O)c23)n1. The molecule has 6 N–H and O–H groups in total. The van der Waals surface area contributed by atoms with Gasteiger partial charge in [-0.3, -0.25) is 4.79 Å². The lowest BCUT2D eigenvalue weighted by atomic mass is 10.1. The van der Waals surface area contributed by atoms with Crippen LogP contribution in [0, 0.1) is 6.92 Å². The number of fused-ring (bicyclic) bond motifs is 1. The molecule has 2 aromatic carbocycles. The van der Waals surface area contributed by atoms with E-state index in [1.54, 1.807) is 43.5 Å². The molecule has 0 radical (unpaired) electrons. The largest absolute Gasteiger partial charge is 0.494 e. The van der Waals surface area contributed by atoms with E-state index in [-0.39, 0.29) is 23.9 Å². The van der Waals surface area contributed by atoms with Crippen molar-refractivity contribution in [3.63, 3.8) is 0 Å². The number of carbonyl (C=O) groups is 1. The van der Waals surface area contributed by atoms with E-state index in [0.29, 0.717) is 28.4 Å². The minimum Gasteiger partial charge on any atom is -0.494 e. The summed E-state index contributed by atoms with van der Waals surface area (Å²) < 4.78 is 40.7. The lowest BCUT2D eigenvalue weighted by molar-refractivity contribution is -0.137. The summed E-state index contributed by atoms with van der Waals surface area (Å²) in [4.78, 5) is 21.9. The number of rotatable bonds is 6. The number of halogens is 3. The zero-order valence-corrected chi connectivity index (χ0v) is 17.3. The predicted molar refractivity (Wildman–Crippen MR) is 117 cm³/mol. The van der Waals surface area contributed by atoms with Crippen molar-refractivity contribution in [3.05, 3.63) is 71.0 Å². The van der Waals surface area contributed by atoms with Crippen LogP contribution in [0.15, 0.2) is 48.8 Å². The van der Waals surface area contributed by atoms with Gasteiger partial charge in [-0.05, 0) is 30.2 Å². The number of nitrogens with two attached hydrogens (primary N) is 1. The molecule has 0 unspecified atom stereocenters. The molecule has 170 valence electrons. The fourth-order valence-corrected chi connectivity index (χ4v) is 3.39. The number of nitrogens with one attached hydrogen (secondary N) is 3. The van der Waals surface area contributed by atoms with Crippen molar-refractivity contribution < 1.29 is 23.1 Å². The van der Waals surface area contributed by atoms with Gasteiger partial charge < -0.3 is 26.5 Å². The molecule has 0 aliphatic carbocycles. The predicted octanol–water partition coefficient (Wildman–Crippen LogP) is 4.45. The molecule has 33 heavy (non-hydrogen) atoms. The molecule has 8 nitrogen and oxygen atoms in total. The fraction of sp³-hybridized carbons (Fsp3) is 0.136. The van der Waals surface area contributed by atoms with E-state index >= 15 is 0 Å². The smallest absolute Gasteiger partial charge is 0.421 e. The van der Waals surface area contributed by atoms with Gasteiger partial charge in [0.1, 0.15) is 11.4 Å². The third-order valence-electron chi connectivity index (χ3n) is 5.09. The Kier molecular flexibility index (Phi) is 5.54. The molecular weight excluding hydrogens is 437 g/mol. The summed E-state index contributed by atoms with van der Waals surface area (Å²) in [5, 5.41) is 16.8. The maximum atomic E-state index is 13.6. The number of hydrogen-bond donors (Lipinski definition) is 5. The van der Waals surface area contributed by atoms with Crippen molar-refractivity contribution in [1.29, 1.82) is 0 Å². The van der Waals surface area contributed by atoms with Gasteiger partial charge in [0.25, 0.3) is 0 Å². The molecule has 1 amide bonds. The van der Waals surface area contributed by atoms with Gasteiger partial charge >= 0.3 is 6.18 Å². The summed E-state index contributed by atoms with van der Waals surface area (Å²) in [5.41, 5.74) is 6.22. The van der Waals surface area contributed by atoms with E-state index in [1.165, 1.54) is 6.07 Å². The Labute approximate surface area is 185 Å². The first-order chi connectivity index (χ1) is 15.6. The molecule has 11 heteroatoms. The zero-order valence-electron chi connectivity index (χ0n) is 17.3. The number of amides is 1. The van der Waals surface area contributed by atoms with E-state index in [2.05, 4.69) is 25.6 Å². The topological polar surface area (TPSA) is 129 Å². The second-order valence-corrected chi connectivity index (χ2v) is 7.34. The number of H-pyrrole nitrogens is 1. The average molecular weight is 456 g/mol. The number of primary amides is 1. The van der Waals surface area contributed by atoms with Crippen LogP contribution < -0.4 is 16.4 Å². The third-order valence-corrected chi connectivity index (χ3v) is 5.09. The first kappa shape index (κ1) is 21.9. The highest BCUT2D eigenvalue weighted by Gasteiger charge is 2.35. The number of nitrogens with zero attached hydrogens (tertiary/aromatic N) is 2. The van der Waals surface area contributed by atoms with Crippen molar-refractivity contribution in [1.82, 2.24) is 15.0 Å². The van der Waals surface area contributed by atoms with Crippen molar-refractivity contribution >= 4 is 34.1 Å². The summed E-state index contributed by atoms with van der Waals surface area (Å²) in [6.07, 6.45) is -2.41. The van der Waals surface area contributed by atoms with Crippen LogP contribution in [0.4, 0.5) is 30.6 Å². The lowest BCUT2D eigenvalue weighted by Crippen LogP contribution is -2.15. The molecule has 4 aromatic rings. The average Bonchev–Trinajstić information content (AvgIpc) is 3.14. The van der Waals surface area contributed by atoms with Crippen molar-refractivity contribution in [2.75, 3.05) is 10.6 Å². The number of aromatic amines is 1. The molecule has 0 spiro atoms. The van der Waals surface area contributed by atoms with Crippen molar-refractivity contribution in [3.8, 4) is 5.88 Å². The third kappa shape index (κ3) is 4.52. The van der Waals surface area contributed by atoms with Crippen LogP contribution in [0.5, 0.6) is 5.88 Å². The Morgan fingerprint density at radius 1 is 1.24 bits per heavy atom. The van der Waals surface area contributed by atoms with Crippen LogP contribution in [0.25, 0.3) is 10.8 Å². The number of aromatic nitrogens is 3. The van der Waals surface area contributed by atoms with Gasteiger partial charge in [-0.15, -0.1) is 0 Å². The van der Waals surface area contributed by atoms with E-state index < -0.39 is 23.5 Å². The Morgan fingerprint density at radius 3 is 2.76 bits per heavy atom. The Bertz CT molecular complexity index is 1350. The molecule has 0 aliphatic rings. The van der Waals surface area contributed by atoms with Crippen LogP contribution in [0.1, 0.15) is 27.0 Å². The fourth-order valence-electron chi connectivity index (χ4n) is 3.39. The normalized spacial score (nSPS) is 11.5. The van der Waals surface area contributed by atoms with Gasteiger partial charge in [-0.25, -0.2) is 4.98 Å². The molecule has 0 atom stereocenters. The highest BCUT2D eigenvalue weighted by Crippen LogP contribution is 2.35. The Balaban J connectivity index is 1.67. The minimum atomic E-state index is -4.69. The molecule has 2 heterocycles. The van der Waals surface area contributed by atoms with E-state index in [9.17, 15) is 23.1 Å². The second-order valence-electron chi connectivity index (χ2n) is 7.34. The van der Waals surface area contributed by atoms with Crippen LogP contribution in [0.2, 0.25) is 0 Å². The number of aromatic hydroxyl groups is 1. The number of benzene rings is 2. The molecule has 4 rings (SSSR count). The number of anilines is 3. The van der Waals surface area contributed by atoms with Crippen LogP contribution >= 0.6 is 0 Å². The van der Waals surface area contributed by atoms with Gasteiger partial charge in [0, 0.05) is 41.0 Å². The van der Waals surface area contributed by atoms with Crippen LogP contribution in [-0.2, 0) is 12.7 Å². The monoisotopic (exact) mass is 456 g/mol. The minimum absolute atomic E-state index is 0.0293. The molecular formula is C22H19F3N6O2. The van der Waals surface area contributed by atoms with Gasteiger partial charge in [-0.1, -0.05) is 24.3 Å². The first-order valence-electron chi connectivity index (χ1n) is 9.77. The number of alkyl halides is 3. The quantitative estimate of drug-likeness (QED) is 0.292. The van der Waals surface area contributed by atoms with Crippen molar-refractivity contribution in [2.45, 2.75) is 19.6 Å². The van der Waals surface area contributed by atoms with E-state index in [1.807, 2.05) is 0 Å². The Morgan fingerprint density at radius 2 is 2.03 bits per heavy atom. The van der Waals surface area contributed by atoms with Crippen LogP contribution in [-0.4, -0.2) is 26.0 Å². The lowest BCUT2D eigenvalue weighted by Gasteiger charge is -2.16. The second kappa shape index (κ2) is 8.34. The number of aryl methyl sites for hydroxylation is 1. The highest BCUT2D eigenvalue weighted by atomic mass is 19.4. The highest BCUT2D eigenvalue weighted by molar-refractivity contribution is 5.94. The maximum Gasteiger partial charge on any atom is 0.421 e. The van der Waals surface area contributed by atoms with Gasteiger partial charge in [0.05, 0.1) is 0 Å². The van der Waals surface area contributed by atoms with E-state index in [0.717, 1.165) is 5.39 Å². The molecule has 0 aliphatic heterocycles. The summed E-state index contributed by atoms with van der Waals surface area (Å²) in [6, 6.07) is 9.86. The molecule has 0 bridgehead atoms. The molecule has 2 aromatic heterocycles. The standard InChI is InChI=1S/C22H19F3N6O2/c1-11-5-6-12(18(26)32)7-16(11)30-21-29-10-15(22(23,24)25)19(31-21)27-8-13-3-2-4-14-9-28-20(33)17(13)14/h2-7,9-10,28,33H,8H2,1H3,(H2,26,32)(H2,27,29,30,31). The summed E-state index contributed by atoms with van der Waals surface area (Å²) in [7, 11) is 0. The molecule has 0 saturated carbocycles. The van der Waals surface area contributed by atoms with Gasteiger partial charge in [0.15, 0.2) is 5.88 Å². The van der Waals surface area contributed by atoms with Crippen molar-refractivity contribution in [2.24, 2.45) is 5.73 Å². The Hall–Kier alpha value is -4.28. The van der Waals surface area contributed by atoms with E-state index in [4.69, 9.17) is 5.73 Å². The van der Waals surface area contributed by atoms with Gasteiger partial charge in [0.2, 0.25) is 11.9 Å². The summed E-state index contributed by atoms with van der Waals surface area (Å²) in [6.45, 7) is 1.72. The summed E-state index contributed by atoms with van der Waals surface area (Å²) >= 11 is 0. The summed E-state index contributed by atoms with van der Waals surface area (Å²) in [5.74, 6) is -1.25. The number of hydrogen-bond acceptors (Lipinski definition) is 6. The molecule has 0 saturated heterocycles. The maximum absolute atomic E-state index is 13.6. The van der Waals surface area contributed by atoms with Gasteiger partial charge in [-0.2, -0.15) is 18.2 Å². The molecule has 0 fully saturated rings.